The van der Waals surface area contributed by atoms with Gasteiger partial charge in [-0.2, -0.15) is 0 Å². The lowest BCUT2D eigenvalue weighted by atomic mass is 10.1. The van der Waals surface area contributed by atoms with Gasteiger partial charge in [-0.15, -0.1) is 0 Å². The molecule has 3 N–H and O–H groups in total. The van der Waals surface area contributed by atoms with Gasteiger partial charge in [0.1, 0.15) is 0 Å². The Morgan fingerprint density at radius 3 is 2.36 bits per heavy atom. The van der Waals surface area contributed by atoms with Crippen molar-refractivity contribution < 1.29 is 5.11 Å². The molecule has 1 atom stereocenters. The van der Waals surface area contributed by atoms with E-state index in [2.05, 4.69) is 0 Å². The first-order chi connectivity index (χ1) is 6.65. The zero-order chi connectivity index (χ0) is 10.6. The lowest BCUT2D eigenvalue weighted by Gasteiger charge is -2.09. The molecular formula is C10H13Cl2NO. The number of nitrogens with two attached hydrogens (primary N) is 1. The number of rotatable bonds is 4. The molecule has 0 fully saturated rings. The van der Waals surface area contributed by atoms with Gasteiger partial charge in [-0.25, -0.2) is 0 Å². The summed E-state index contributed by atoms with van der Waals surface area (Å²) < 4.78 is 0. The third-order valence-corrected chi connectivity index (χ3v) is 2.77. The summed E-state index contributed by atoms with van der Waals surface area (Å²) >= 11 is 11.9. The maximum Gasteiger partial charge on any atom is 0.0665 e. The third kappa shape index (κ3) is 3.14. The molecule has 78 valence electrons. The SMILES string of the molecule is NCC(O)CCc1c(Cl)cccc1Cl. The summed E-state index contributed by atoms with van der Waals surface area (Å²) in [6, 6.07) is 5.38. The summed E-state index contributed by atoms with van der Waals surface area (Å²) in [6.07, 6.45) is 0.749. The fourth-order valence-electron chi connectivity index (χ4n) is 1.20. The van der Waals surface area contributed by atoms with E-state index in [0.717, 1.165) is 5.56 Å². The molecule has 0 saturated carbocycles. The second-order valence-corrected chi connectivity index (χ2v) is 3.94. The molecule has 0 spiro atoms. The highest BCUT2D eigenvalue weighted by atomic mass is 35.5. The van der Waals surface area contributed by atoms with Crippen LogP contribution in [0.1, 0.15) is 12.0 Å². The molecule has 0 aliphatic carbocycles. The number of halogens is 2. The average molecular weight is 234 g/mol. The fourth-order valence-corrected chi connectivity index (χ4v) is 1.79. The molecule has 1 rings (SSSR count). The van der Waals surface area contributed by atoms with E-state index in [1.165, 1.54) is 0 Å². The highest BCUT2D eigenvalue weighted by Crippen LogP contribution is 2.25. The molecular weight excluding hydrogens is 221 g/mol. The maximum absolute atomic E-state index is 9.29. The molecule has 14 heavy (non-hydrogen) atoms. The minimum absolute atomic E-state index is 0.266. The summed E-state index contributed by atoms with van der Waals surface area (Å²) in [7, 11) is 0. The standard InChI is InChI=1S/C10H13Cl2NO/c11-9-2-1-3-10(12)8(9)5-4-7(14)6-13/h1-3,7,14H,4-6,13H2. The highest BCUT2D eigenvalue weighted by molar-refractivity contribution is 6.35. The first-order valence-electron chi connectivity index (χ1n) is 4.46. The third-order valence-electron chi connectivity index (χ3n) is 2.06. The van der Waals surface area contributed by atoms with E-state index >= 15 is 0 Å². The van der Waals surface area contributed by atoms with Crippen LogP contribution in [0.25, 0.3) is 0 Å². The van der Waals surface area contributed by atoms with Crippen molar-refractivity contribution in [2.75, 3.05) is 6.54 Å². The van der Waals surface area contributed by atoms with Crippen LogP contribution in [0.3, 0.4) is 0 Å². The van der Waals surface area contributed by atoms with Crippen molar-refractivity contribution in [3.05, 3.63) is 33.8 Å². The van der Waals surface area contributed by atoms with Crippen LogP contribution in [0.2, 0.25) is 10.0 Å². The highest BCUT2D eigenvalue weighted by Gasteiger charge is 2.07. The van der Waals surface area contributed by atoms with E-state index in [-0.39, 0.29) is 6.54 Å². The Bertz CT molecular complexity index is 284. The predicted molar refractivity (Wildman–Crippen MR) is 59.8 cm³/mol. The van der Waals surface area contributed by atoms with E-state index in [9.17, 15) is 5.11 Å². The molecule has 0 aliphatic heterocycles. The Morgan fingerprint density at radius 1 is 1.29 bits per heavy atom. The van der Waals surface area contributed by atoms with Crippen molar-refractivity contribution in [2.45, 2.75) is 18.9 Å². The number of benzene rings is 1. The van der Waals surface area contributed by atoms with E-state index in [0.29, 0.717) is 22.9 Å². The first kappa shape index (κ1) is 11.8. The van der Waals surface area contributed by atoms with Crippen molar-refractivity contribution in [2.24, 2.45) is 5.73 Å². The van der Waals surface area contributed by atoms with Gasteiger partial charge in [0.05, 0.1) is 6.10 Å². The van der Waals surface area contributed by atoms with Gasteiger partial charge >= 0.3 is 0 Å². The van der Waals surface area contributed by atoms with Gasteiger partial charge < -0.3 is 10.8 Å². The van der Waals surface area contributed by atoms with Gasteiger partial charge in [-0.1, -0.05) is 29.3 Å². The molecule has 0 saturated heterocycles. The van der Waals surface area contributed by atoms with E-state index in [4.69, 9.17) is 28.9 Å². The largest absolute Gasteiger partial charge is 0.392 e. The van der Waals surface area contributed by atoms with Crippen LogP contribution in [0.4, 0.5) is 0 Å². The van der Waals surface area contributed by atoms with Crippen LogP contribution < -0.4 is 5.73 Å². The summed E-state index contributed by atoms with van der Waals surface area (Å²) in [5.41, 5.74) is 6.17. The monoisotopic (exact) mass is 233 g/mol. The normalized spacial score (nSPS) is 12.9. The molecule has 0 heterocycles. The van der Waals surface area contributed by atoms with Gasteiger partial charge in [-0.3, -0.25) is 0 Å². The topological polar surface area (TPSA) is 46.2 Å². The maximum atomic E-state index is 9.29. The van der Waals surface area contributed by atoms with Gasteiger partial charge in [0, 0.05) is 16.6 Å². The second-order valence-electron chi connectivity index (χ2n) is 3.13. The molecule has 0 amide bonds. The first-order valence-corrected chi connectivity index (χ1v) is 5.21. The minimum atomic E-state index is -0.484. The van der Waals surface area contributed by atoms with Crippen LogP contribution in [-0.2, 0) is 6.42 Å². The van der Waals surface area contributed by atoms with Crippen LogP contribution in [0, 0.1) is 0 Å². The van der Waals surface area contributed by atoms with E-state index < -0.39 is 6.10 Å². The number of hydrogen-bond donors (Lipinski definition) is 2. The van der Waals surface area contributed by atoms with Gasteiger partial charge in [0.25, 0.3) is 0 Å². The molecule has 0 radical (unpaired) electrons. The lowest BCUT2D eigenvalue weighted by molar-refractivity contribution is 0.173. The lowest BCUT2D eigenvalue weighted by Crippen LogP contribution is -2.20. The molecule has 4 heteroatoms. The summed E-state index contributed by atoms with van der Waals surface area (Å²) in [4.78, 5) is 0. The second kappa shape index (κ2) is 5.56. The van der Waals surface area contributed by atoms with E-state index in [1.807, 2.05) is 0 Å². The van der Waals surface area contributed by atoms with Gasteiger partial charge in [0.2, 0.25) is 0 Å². The molecule has 0 aromatic heterocycles. The van der Waals surface area contributed by atoms with E-state index in [1.54, 1.807) is 18.2 Å². The smallest absolute Gasteiger partial charge is 0.0665 e. The average Bonchev–Trinajstić information content (AvgIpc) is 2.16. The van der Waals surface area contributed by atoms with Crippen LogP contribution in [-0.4, -0.2) is 17.8 Å². The van der Waals surface area contributed by atoms with Crippen LogP contribution >= 0.6 is 23.2 Å². The van der Waals surface area contributed by atoms with Crippen molar-refractivity contribution in [1.29, 1.82) is 0 Å². The fraction of sp³-hybridized carbons (Fsp3) is 0.400. The predicted octanol–water partition coefficient (Wildman–Crippen LogP) is 2.25. The Labute approximate surface area is 93.6 Å². The van der Waals surface area contributed by atoms with Crippen molar-refractivity contribution in [3.8, 4) is 0 Å². The zero-order valence-corrected chi connectivity index (χ0v) is 9.22. The number of aliphatic hydroxyl groups excluding tert-OH is 1. The molecule has 0 bridgehead atoms. The Balaban J connectivity index is 2.66. The quantitative estimate of drug-likeness (QED) is 0.839. The van der Waals surface area contributed by atoms with Crippen molar-refractivity contribution in [1.82, 2.24) is 0 Å². The molecule has 0 aliphatic rings. The number of aliphatic hydroxyl groups is 1. The minimum Gasteiger partial charge on any atom is -0.392 e. The summed E-state index contributed by atoms with van der Waals surface area (Å²) in [6.45, 7) is 0.266. The molecule has 2 nitrogen and oxygen atoms in total. The van der Waals surface area contributed by atoms with Crippen LogP contribution in [0.5, 0.6) is 0 Å². The Morgan fingerprint density at radius 2 is 1.86 bits per heavy atom. The molecule has 1 aromatic rings. The van der Waals surface area contributed by atoms with Crippen LogP contribution in [0.15, 0.2) is 18.2 Å². The summed E-state index contributed by atoms with van der Waals surface area (Å²) in [5.74, 6) is 0. The zero-order valence-electron chi connectivity index (χ0n) is 7.71. The number of hydrogen-bond acceptors (Lipinski definition) is 2. The van der Waals surface area contributed by atoms with Crippen molar-refractivity contribution in [3.63, 3.8) is 0 Å². The van der Waals surface area contributed by atoms with Gasteiger partial charge in [0.15, 0.2) is 0 Å². The van der Waals surface area contributed by atoms with Crippen molar-refractivity contribution >= 4 is 23.2 Å². The molecule has 1 unspecified atom stereocenters. The molecule has 1 aromatic carbocycles. The summed E-state index contributed by atoms with van der Waals surface area (Å²) in [5, 5.41) is 10.6. The van der Waals surface area contributed by atoms with Gasteiger partial charge in [-0.05, 0) is 30.5 Å². The Hall–Kier alpha value is -0.280. The Kier molecular flexibility index (Phi) is 4.69.